The summed E-state index contributed by atoms with van der Waals surface area (Å²) in [6.07, 6.45) is 0.413. The van der Waals surface area contributed by atoms with E-state index in [9.17, 15) is 8.42 Å². The van der Waals surface area contributed by atoms with Crippen molar-refractivity contribution in [2.75, 3.05) is 12.3 Å². The number of hydrogen-bond donors (Lipinski definition) is 3. The second-order valence-corrected chi connectivity index (χ2v) is 4.19. The summed E-state index contributed by atoms with van der Waals surface area (Å²) in [4.78, 5) is 0. The molecule has 0 unspecified atom stereocenters. The minimum Gasteiger partial charge on any atom is -0.376 e. The zero-order chi connectivity index (χ0) is 8.91. The molecule has 0 radical (unpaired) electrons. The number of thiocarbonyl (C=S) groups is 1. The first-order valence-electron chi connectivity index (χ1n) is 2.95. The third-order valence-electron chi connectivity index (χ3n) is 0.905. The van der Waals surface area contributed by atoms with Gasteiger partial charge in [0.2, 0.25) is 10.0 Å². The summed E-state index contributed by atoms with van der Waals surface area (Å²) in [7, 11) is -3.35. The van der Waals surface area contributed by atoms with E-state index in [1.807, 2.05) is 0 Å². The van der Waals surface area contributed by atoms with Crippen LogP contribution in [-0.2, 0) is 10.0 Å². The smallest absolute Gasteiger partial charge is 0.209 e. The predicted octanol–water partition coefficient (Wildman–Crippen LogP) is -1.50. The predicted molar refractivity (Wildman–Crippen MR) is 47.4 cm³/mol. The van der Waals surface area contributed by atoms with Gasteiger partial charge in [0.1, 0.15) is 0 Å². The maximum Gasteiger partial charge on any atom is 0.209 e. The highest BCUT2D eigenvalue weighted by Gasteiger charge is 2.00. The first-order chi connectivity index (χ1) is 4.92. The maximum atomic E-state index is 10.4. The van der Waals surface area contributed by atoms with Gasteiger partial charge in [0.15, 0.2) is 5.11 Å². The lowest BCUT2D eigenvalue weighted by atomic mass is 10.5. The number of primary sulfonamides is 1. The Labute approximate surface area is 71.2 Å². The molecule has 0 atom stereocenters. The molecule has 66 valence electrons. The molecule has 0 heterocycles. The Balaban J connectivity index is 3.37. The Bertz CT molecular complexity index is 223. The topological polar surface area (TPSA) is 98.2 Å². The van der Waals surface area contributed by atoms with Crippen LogP contribution in [0.1, 0.15) is 6.42 Å². The summed E-state index contributed by atoms with van der Waals surface area (Å²) < 4.78 is 20.7. The Morgan fingerprint density at radius 1 is 1.55 bits per heavy atom. The average Bonchev–Trinajstić information content (AvgIpc) is 1.78. The molecular formula is C4H11N3O2S2. The molecule has 0 spiro atoms. The molecule has 0 aromatic carbocycles. The molecule has 0 aliphatic rings. The highest BCUT2D eigenvalue weighted by Crippen LogP contribution is 1.82. The SMILES string of the molecule is NC(=S)NCCCS(N)(=O)=O. The van der Waals surface area contributed by atoms with E-state index in [1.54, 1.807) is 0 Å². The van der Waals surface area contributed by atoms with Gasteiger partial charge in [0.05, 0.1) is 5.75 Å². The van der Waals surface area contributed by atoms with Crippen molar-refractivity contribution in [2.24, 2.45) is 10.9 Å². The van der Waals surface area contributed by atoms with Crippen LogP contribution in [0.15, 0.2) is 0 Å². The second kappa shape index (κ2) is 4.47. The Hall–Kier alpha value is -0.400. The van der Waals surface area contributed by atoms with E-state index in [4.69, 9.17) is 10.9 Å². The van der Waals surface area contributed by atoms with Gasteiger partial charge in [0.25, 0.3) is 0 Å². The monoisotopic (exact) mass is 197 g/mol. The van der Waals surface area contributed by atoms with Crippen LogP contribution in [0.2, 0.25) is 0 Å². The first-order valence-corrected chi connectivity index (χ1v) is 5.08. The molecule has 11 heavy (non-hydrogen) atoms. The van der Waals surface area contributed by atoms with E-state index in [2.05, 4.69) is 17.5 Å². The second-order valence-electron chi connectivity index (χ2n) is 2.01. The molecule has 7 heteroatoms. The van der Waals surface area contributed by atoms with Gasteiger partial charge in [-0.15, -0.1) is 0 Å². The molecular weight excluding hydrogens is 186 g/mol. The van der Waals surface area contributed by atoms with E-state index < -0.39 is 10.0 Å². The lowest BCUT2D eigenvalue weighted by Gasteiger charge is -2.01. The van der Waals surface area contributed by atoms with Crippen molar-refractivity contribution < 1.29 is 8.42 Å². The molecule has 0 saturated heterocycles. The molecule has 0 bridgehead atoms. The Kier molecular flexibility index (Phi) is 4.31. The van der Waals surface area contributed by atoms with Crippen molar-refractivity contribution in [2.45, 2.75) is 6.42 Å². The fourth-order valence-electron chi connectivity index (χ4n) is 0.485. The zero-order valence-corrected chi connectivity index (χ0v) is 7.54. The summed E-state index contributed by atoms with van der Waals surface area (Å²) in [5, 5.41) is 7.51. The Morgan fingerprint density at radius 2 is 2.09 bits per heavy atom. The molecule has 0 aliphatic carbocycles. The van der Waals surface area contributed by atoms with Crippen molar-refractivity contribution in [3.63, 3.8) is 0 Å². The standard InChI is InChI=1S/C4H11N3O2S2/c5-4(10)7-2-1-3-11(6,8)9/h1-3H2,(H3,5,7,10)(H2,6,8,9). The van der Waals surface area contributed by atoms with E-state index in [0.717, 1.165) is 0 Å². The van der Waals surface area contributed by atoms with Crippen LogP contribution in [0.4, 0.5) is 0 Å². The van der Waals surface area contributed by atoms with Crippen molar-refractivity contribution in [3.8, 4) is 0 Å². The van der Waals surface area contributed by atoms with Crippen LogP contribution in [0.5, 0.6) is 0 Å². The summed E-state index contributed by atoms with van der Waals surface area (Å²) in [6, 6.07) is 0. The molecule has 0 aromatic heterocycles. The van der Waals surface area contributed by atoms with Crippen LogP contribution in [0, 0.1) is 0 Å². The highest BCUT2D eigenvalue weighted by molar-refractivity contribution is 7.89. The molecule has 0 saturated carbocycles. The molecule has 0 aliphatic heterocycles. The molecule has 0 rings (SSSR count). The largest absolute Gasteiger partial charge is 0.376 e. The number of nitrogens with two attached hydrogens (primary N) is 2. The van der Waals surface area contributed by atoms with Gasteiger partial charge in [-0.25, -0.2) is 13.6 Å². The van der Waals surface area contributed by atoms with Gasteiger partial charge in [-0.05, 0) is 18.6 Å². The fourth-order valence-corrected chi connectivity index (χ4v) is 1.13. The number of sulfonamides is 1. The summed E-state index contributed by atoms with van der Waals surface area (Å²) in [6.45, 7) is 0.436. The molecule has 5 nitrogen and oxygen atoms in total. The molecule has 0 fully saturated rings. The highest BCUT2D eigenvalue weighted by atomic mass is 32.2. The maximum absolute atomic E-state index is 10.4. The summed E-state index contributed by atoms with van der Waals surface area (Å²) in [5.41, 5.74) is 5.08. The van der Waals surface area contributed by atoms with E-state index >= 15 is 0 Å². The van der Waals surface area contributed by atoms with E-state index in [1.165, 1.54) is 0 Å². The lowest BCUT2D eigenvalue weighted by molar-refractivity contribution is 0.594. The van der Waals surface area contributed by atoms with Gasteiger partial charge in [-0.3, -0.25) is 0 Å². The van der Waals surface area contributed by atoms with E-state index in [-0.39, 0.29) is 10.9 Å². The van der Waals surface area contributed by atoms with Crippen molar-refractivity contribution in [1.82, 2.24) is 5.32 Å². The fraction of sp³-hybridized carbons (Fsp3) is 0.750. The van der Waals surface area contributed by atoms with Crippen LogP contribution in [-0.4, -0.2) is 25.8 Å². The summed E-state index contributed by atoms with van der Waals surface area (Å²) >= 11 is 4.49. The average molecular weight is 197 g/mol. The first kappa shape index (κ1) is 10.6. The molecule has 0 amide bonds. The van der Waals surface area contributed by atoms with Gasteiger partial charge in [-0.2, -0.15) is 0 Å². The zero-order valence-electron chi connectivity index (χ0n) is 5.91. The Morgan fingerprint density at radius 3 is 2.45 bits per heavy atom. The van der Waals surface area contributed by atoms with Crippen LogP contribution in [0.25, 0.3) is 0 Å². The minimum absolute atomic E-state index is 0.0530. The van der Waals surface area contributed by atoms with Gasteiger partial charge < -0.3 is 11.1 Å². The van der Waals surface area contributed by atoms with Gasteiger partial charge in [0, 0.05) is 6.54 Å². The normalized spacial score (nSPS) is 11.0. The number of nitrogens with one attached hydrogen (secondary N) is 1. The number of hydrogen-bond acceptors (Lipinski definition) is 3. The van der Waals surface area contributed by atoms with Crippen LogP contribution in [0.3, 0.4) is 0 Å². The van der Waals surface area contributed by atoms with Crippen molar-refractivity contribution in [3.05, 3.63) is 0 Å². The third-order valence-corrected chi connectivity index (χ3v) is 1.91. The minimum atomic E-state index is -3.35. The quantitative estimate of drug-likeness (QED) is 0.376. The third kappa shape index (κ3) is 9.60. The van der Waals surface area contributed by atoms with Gasteiger partial charge >= 0.3 is 0 Å². The van der Waals surface area contributed by atoms with Crippen LogP contribution < -0.4 is 16.2 Å². The molecule has 5 N–H and O–H groups in total. The van der Waals surface area contributed by atoms with Crippen molar-refractivity contribution >= 4 is 27.4 Å². The lowest BCUT2D eigenvalue weighted by Crippen LogP contribution is -2.31. The van der Waals surface area contributed by atoms with Crippen LogP contribution >= 0.6 is 12.2 Å². The number of rotatable bonds is 4. The van der Waals surface area contributed by atoms with E-state index in [0.29, 0.717) is 13.0 Å². The van der Waals surface area contributed by atoms with Gasteiger partial charge in [-0.1, -0.05) is 0 Å². The van der Waals surface area contributed by atoms with Crippen molar-refractivity contribution in [1.29, 1.82) is 0 Å². The molecule has 0 aromatic rings. The summed E-state index contributed by atoms with van der Waals surface area (Å²) in [5.74, 6) is -0.0530.